The number of carbonyl (C=O) groups excluding carboxylic acids is 1. The Labute approximate surface area is 150 Å². The molecule has 1 fully saturated rings. The number of rotatable bonds is 5. The van der Waals surface area contributed by atoms with Crippen LogP contribution in [-0.2, 0) is 4.79 Å². The van der Waals surface area contributed by atoms with E-state index in [4.69, 9.17) is 27.6 Å². The highest BCUT2D eigenvalue weighted by atomic mass is 35.5. The number of hydrazone groups is 1. The van der Waals surface area contributed by atoms with Crippen LogP contribution >= 0.6 is 23.2 Å². The Bertz CT molecular complexity index is 752. The molecule has 0 bridgehead atoms. The van der Waals surface area contributed by atoms with Crippen LogP contribution in [0.4, 0.5) is 0 Å². The second-order valence-corrected chi connectivity index (χ2v) is 6.36. The number of amides is 1. The van der Waals surface area contributed by atoms with Gasteiger partial charge in [0.15, 0.2) is 0 Å². The predicted molar refractivity (Wildman–Crippen MR) is 95.6 cm³/mol. The van der Waals surface area contributed by atoms with Crippen LogP contribution in [0.25, 0.3) is 11.3 Å². The van der Waals surface area contributed by atoms with Gasteiger partial charge in [-0.2, -0.15) is 5.10 Å². The van der Waals surface area contributed by atoms with Crippen LogP contribution in [0.15, 0.2) is 39.9 Å². The third-order valence-electron chi connectivity index (χ3n) is 3.79. The maximum Gasteiger partial charge on any atom is 0.254 e. The van der Waals surface area contributed by atoms with Gasteiger partial charge in [-0.05, 0) is 50.2 Å². The number of carbonyl (C=O) groups is 1. The van der Waals surface area contributed by atoms with E-state index in [-0.39, 0.29) is 5.91 Å². The molecule has 0 atom stereocenters. The van der Waals surface area contributed by atoms with E-state index >= 15 is 0 Å². The number of furan rings is 1. The second kappa shape index (κ2) is 7.83. The van der Waals surface area contributed by atoms with Crippen molar-refractivity contribution in [3.05, 3.63) is 46.1 Å². The van der Waals surface area contributed by atoms with E-state index < -0.39 is 0 Å². The third kappa shape index (κ3) is 4.17. The van der Waals surface area contributed by atoms with Crippen molar-refractivity contribution in [2.75, 3.05) is 19.6 Å². The molecule has 3 rings (SSSR count). The van der Waals surface area contributed by atoms with Crippen LogP contribution in [0.5, 0.6) is 0 Å². The summed E-state index contributed by atoms with van der Waals surface area (Å²) in [5.41, 5.74) is 3.22. The molecule has 1 aromatic carbocycles. The summed E-state index contributed by atoms with van der Waals surface area (Å²) in [5.74, 6) is 0.979. The summed E-state index contributed by atoms with van der Waals surface area (Å²) in [6.45, 7) is 2.32. The van der Waals surface area contributed by atoms with Gasteiger partial charge in [-0.3, -0.25) is 9.69 Å². The average Bonchev–Trinajstić information content (AvgIpc) is 3.22. The van der Waals surface area contributed by atoms with E-state index in [0.717, 1.165) is 25.9 Å². The lowest BCUT2D eigenvalue weighted by Gasteiger charge is -2.11. The highest BCUT2D eigenvalue weighted by Crippen LogP contribution is 2.34. The summed E-state index contributed by atoms with van der Waals surface area (Å²) in [7, 11) is 0. The Kier molecular flexibility index (Phi) is 5.56. The third-order valence-corrected chi connectivity index (χ3v) is 4.61. The van der Waals surface area contributed by atoms with Crippen LogP contribution in [-0.4, -0.2) is 36.7 Å². The first-order valence-electron chi connectivity index (χ1n) is 7.72. The maximum atomic E-state index is 11.8. The topological polar surface area (TPSA) is 57.8 Å². The minimum absolute atomic E-state index is 0.127. The van der Waals surface area contributed by atoms with Gasteiger partial charge in [0, 0.05) is 5.56 Å². The van der Waals surface area contributed by atoms with Crippen molar-refractivity contribution < 1.29 is 9.21 Å². The van der Waals surface area contributed by atoms with Gasteiger partial charge in [0.1, 0.15) is 11.5 Å². The standard InChI is InChI=1S/C17H17Cl2N3O2/c18-14-5-3-4-13(17(14)19)15-7-6-12(24-15)10-20-21-16(23)11-22-8-1-2-9-22/h3-7,10H,1-2,8-9,11H2,(H,21,23). The van der Waals surface area contributed by atoms with Crippen molar-refractivity contribution in [2.24, 2.45) is 5.10 Å². The Morgan fingerprint density at radius 3 is 2.83 bits per heavy atom. The minimum atomic E-state index is -0.127. The largest absolute Gasteiger partial charge is 0.455 e. The minimum Gasteiger partial charge on any atom is -0.455 e. The predicted octanol–water partition coefficient (Wildman–Crippen LogP) is 3.80. The van der Waals surface area contributed by atoms with Gasteiger partial charge in [0.2, 0.25) is 0 Å². The highest BCUT2D eigenvalue weighted by molar-refractivity contribution is 6.43. The van der Waals surface area contributed by atoms with Crippen LogP contribution in [0.1, 0.15) is 18.6 Å². The molecule has 1 aliphatic heterocycles. The first-order valence-corrected chi connectivity index (χ1v) is 8.47. The molecule has 1 saturated heterocycles. The van der Waals surface area contributed by atoms with Crippen molar-refractivity contribution in [3.8, 4) is 11.3 Å². The van der Waals surface area contributed by atoms with Crippen LogP contribution < -0.4 is 5.43 Å². The first-order chi connectivity index (χ1) is 11.6. The normalized spacial score (nSPS) is 15.2. The van der Waals surface area contributed by atoms with Gasteiger partial charge in [0.25, 0.3) is 5.91 Å². The van der Waals surface area contributed by atoms with Crippen molar-refractivity contribution >= 4 is 35.3 Å². The van der Waals surface area contributed by atoms with E-state index in [1.807, 2.05) is 6.07 Å². The second-order valence-electron chi connectivity index (χ2n) is 5.58. The molecular weight excluding hydrogens is 349 g/mol. The fourth-order valence-electron chi connectivity index (χ4n) is 2.61. The Balaban J connectivity index is 1.59. The Hall–Kier alpha value is -1.82. The molecule has 0 unspecified atom stereocenters. The van der Waals surface area contributed by atoms with E-state index in [9.17, 15) is 4.79 Å². The molecular formula is C17H17Cl2N3O2. The van der Waals surface area contributed by atoms with E-state index in [1.165, 1.54) is 6.21 Å². The molecule has 1 N–H and O–H groups in total. The fraction of sp³-hybridized carbons (Fsp3) is 0.294. The summed E-state index contributed by atoms with van der Waals surface area (Å²) in [4.78, 5) is 13.9. The lowest BCUT2D eigenvalue weighted by atomic mass is 10.2. The summed E-state index contributed by atoms with van der Waals surface area (Å²) in [5, 5.41) is 4.83. The van der Waals surface area contributed by atoms with Gasteiger partial charge in [-0.25, -0.2) is 5.43 Å². The molecule has 1 aliphatic rings. The van der Waals surface area contributed by atoms with Gasteiger partial charge < -0.3 is 4.42 Å². The Morgan fingerprint density at radius 2 is 2.04 bits per heavy atom. The summed E-state index contributed by atoms with van der Waals surface area (Å²) >= 11 is 12.2. The molecule has 5 nitrogen and oxygen atoms in total. The lowest BCUT2D eigenvalue weighted by Crippen LogP contribution is -2.33. The average molecular weight is 366 g/mol. The molecule has 1 amide bonds. The number of hydrogen-bond acceptors (Lipinski definition) is 4. The van der Waals surface area contributed by atoms with Crippen LogP contribution in [0.2, 0.25) is 10.0 Å². The summed E-state index contributed by atoms with van der Waals surface area (Å²) < 4.78 is 5.67. The zero-order valence-corrected chi connectivity index (χ0v) is 14.5. The molecule has 0 radical (unpaired) electrons. The number of benzene rings is 1. The molecule has 2 aromatic rings. The zero-order chi connectivity index (χ0) is 16.9. The summed E-state index contributed by atoms with van der Waals surface area (Å²) in [6, 6.07) is 8.88. The van der Waals surface area contributed by atoms with Crippen LogP contribution in [0.3, 0.4) is 0 Å². The quantitative estimate of drug-likeness (QED) is 0.647. The van der Waals surface area contributed by atoms with Crippen molar-refractivity contribution in [1.29, 1.82) is 0 Å². The fourth-order valence-corrected chi connectivity index (χ4v) is 3.00. The zero-order valence-electron chi connectivity index (χ0n) is 13.0. The molecule has 0 saturated carbocycles. The first kappa shape index (κ1) is 17.0. The van der Waals surface area contributed by atoms with Gasteiger partial charge in [-0.15, -0.1) is 0 Å². The Morgan fingerprint density at radius 1 is 1.25 bits per heavy atom. The number of halogens is 2. The number of hydrogen-bond donors (Lipinski definition) is 1. The van der Waals surface area contributed by atoms with Crippen LogP contribution in [0, 0.1) is 0 Å². The van der Waals surface area contributed by atoms with Crippen molar-refractivity contribution in [2.45, 2.75) is 12.8 Å². The molecule has 126 valence electrons. The highest BCUT2D eigenvalue weighted by Gasteiger charge is 2.14. The lowest BCUT2D eigenvalue weighted by molar-refractivity contribution is -0.121. The van der Waals surface area contributed by atoms with E-state index in [2.05, 4.69) is 15.4 Å². The van der Waals surface area contributed by atoms with E-state index in [0.29, 0.717) is 33.7 Å². The molecule has 7 heteroatoms. The monoisotopic (exact) mass is 365 g/mol. The number of likely N-dealkylation sites (tertiary alicyclic amines) is 1. The van der Waals surface area contributed by atoms with Gasteiger partial charge in [-0.1, -0.05) is 29.3 Å². The molecule has 0 aliphatic carbocycles. The molecule has 2 heterocycles. The SMILES string of the molecule is O=C(CN1CCCC1)NN=Cc1ccc(-c2cccc(Cl)c2Cl)o1. The smallest absolute Gasteiger partial charge is 0.254 e. The molecule has 24 heavy (non-hydrogen) atoms. The number of nitrogens with zero attached hydrogens (tertiary/aromatic N) is 2. The van der Waals surface area contributed by atoms with E-state index in [1.54, 1.807) is 24.3 Å². The molecule has 1 aromatic heterocycles. The van der Waals surface area contributed by atoms with Crippen molar-refractivity contribution in [1.82, 2.24) is 10.3 Å². The van der Waals surface area contributed by atoms with Crippen molar-refractivity contribution in [3.63, 3.8) is 0 Å². The van der Waals surface area contributed by atoms with Gasteiger partial charge in [0.05, 0.1) is 22.8 Å². The number of nitrogens with one attached hydrogen (secondary N) is 1. The maximum absolute atomic E-state index is 11.8. The summed E-state index contributed by atoms with van der Waals surface area (Å²) in [6.07, 6.45) is 3.76. The molecule has 0 spiro atoms. The van der Waals surface area contributed by atoms with Gasteiger partial charge >= 0.3 is 0 Å².